The molecule has 0 aliphatic heterocycles. The highest BCUT2D eigenvalue weighted by molar-refractivity contribution is 7.84. The van der Waals surface area contributed by atoms with E-state index in [0.717, 1.165) is 10.5 Å². The first-order valence-electron chi connectivity index (χ1n) is 3.31. The minimum absolute atomic E-state index is 0.608. The molecule has 0 aliphatic carbocycles. The Hall–Kier alpha value is -0.830. The van der Waals surface area contributed by atoms with Crippen LogP contribution in [0.4, 0.5) is 5.69 Å². The van der Waals surface area contributed by atoms with Crippen molar-refractivity contribution >= 4 is 16.5 Å². The molecule has 0 saturated heterocycles. The first-order chi connectivity index (χ1) is 5.11. The summed E-state index contributed by atoms with van der Waals surface area (Å²) in [6.45, 7) is 1.95. The van der Waals surface area contributed by atoms with Crippen LogP contribution in [0, 0.1) is 6.92 Å². The molecule has 0 radical (unpaired) electrons. The molecule has 2 nitrogen and oxygen atoms in total. The Morgan fingerprint density at radius 3 is 2.55 bits per heavy atom. The first-order valence-corrected chi connectivity index (χ1v) is 4.86. The van der Waals surface area contributed by atoms with Crippen molar-refractivity contribution in [3.63, 3.8) is 0 Å². The zero-order valence-corrected chi connectivity index (χ0v) is 7.44. The predicted octanol–water partition coefficient (Wildman–Crippen LogP) is 1.31. The summed E-state index contributed by atoms with van der Waals surface area (Å²) in [6, 6.07) is 5.54. The molecule has 0 amide bonds. The number of hydrogen-bond donors (Lipinski definition) is 1. The molecule has 1 aromatic rings. The zero-order valence-electron chi connectivity index (χ0n) is 6.63. The number of anilines is 1. The van der Waals surface area contributed by atoms with Crippen molar-refractivity contribution in [3.05, 3.63) is 23.8 Å². The molecule has 0 heterocycles. The van der Waals surface area contributed by atoms with Gasteiger partial charge in [0.1, 0.15) is 0 Å². The van der Waals surface area contributed by atoms with Gasteiger partial charge in [0.2, 0.25) is 0 Å². The molecule has 0 aromatic heterocycles. The van der Waals surface area contributed by atoms with E-state index in [1.165, 1.54) is 0 Å². The van der Waals surface area contributed by atoms with Gasteiger partial charge in [0.25, 0.3) is 0 Å². The van der Waals surface area contributed by atoms with E-state index < -0.39 is 10.8 Å². The van der Waals surface area contributed by atoms with Crippen LogP contribution in [0.1, 0.15) is 5.56 Å². The number of nitrogens with two attached hydrogens (primary N) is 1. The second kappa shape index (κ2) is 3.05. The van der Waals surface area contributed by atoms with Gasteiger partial charge < -0.3 is 5.73 Å². The van der Waals surface area contributed by atoms with Gasteiger partial charge in [0.05, 0.1) is 15.7 Å². The van der Waals surface area contributed by atoms with Crippen molar-refractivity contribution < 1.29 is 4.21 Å². The fourth-order valence-corrected chi connectivity index (χ4v) is 1.64. The predicted molar refractivity (Wildman–Crippen MR) is 47.9 cm³/mol. The Morgan fingerprint density at radius 2 is 2.09 bits per heavy atom. The van der Waals surface area contributed by atoms with Gasteiger partial charge in [-0.25, -0.2) is 0 Å². The monoisotopic (exact) mass is 169 g/mol. The standard InChI is InChI=1S/C8H11NOS/c1-6-3-4-7(9)8(5-6)11(2)10/h3-5H,9H2,1-2H3. The minimum Gasteiger partial charge on any atom is -0.398 e. The summed E-state index contributed by atoms with van der Waals surface area (Å²) in [4.78, 5) is 0.727. The van der Waals surface area contributed by atoms with Crippen LogP contribution in [0.2, 0.25) is 0 Å². The van der Waals surface area contributed by atoms with E-state index in [1.54, 1.807) is 12.3 Å². The van der Waals surface area contributed by atoms with Crippen LogP contribution >= 0.6 is 0 Å². The van der Waals surface area contributed by atoms with Crippen LogP contribution in [-0.2, 0) is 10.8 Å². The van der Waals surface area contributed by atoms with Crippen molar-refractivity contribution in [3.8, 4) is 0 Å². The molecule has 0 aliphatic rings. The van der Waals surface area contributed by atoms with E-state index >= 15 is 0 Å². The Balaban J connectivity index is 3.23. The molecule has 1 aromatic carbocycles. The van der Waals surface area contributed by atoms with Gasteiger partial charge in [-0.1, -0.05) is 6.07 Å². The summed E-state index contributed by atoms with van der Waals surface area (Å²) >= 11 is 0. The Morgan fingerprint density at radius 1 is 1.45 bits per heavy atom. The van der Waals surface area contributed by atoms with E-state index in [2.05, 4.69) is 0 Å². The molecule has 3 heteroatoms. The lowest BCUT2D eigenvalue weighted by molar-refractivity contribution is 0.687. The van der Waals surface area contributed by atoms with Gasteiger partial charge in [0.15, 0.2) is 0 Å². The van der Waals surface area contributed by atoms with Crippen LogP contribution in [0.15, 0.2) is 23.1 Å². The molecule has 1 rings (SSSR count). The largest absolute Gasteiger partial charge is 0.398 e. The second-order valence-electron chi connectivity index (χ2n) is 2.50. The lowest BCUT2D eigenvalue weighted by Gasteiger charge is -2.01. The Bertz CT molecular complexity index is 296. The first kappa shape index (κ1) is 8.27. The highest BCUT2D eigenvalue weighted by Crippen LogP contribution is 2.16. The zero-order chi connectivity index (χ0) is 8.43. The molecule has 0 saturated carbocycles. The van der Waals surface area contributed by atoms with Crippen LogP contribution < -0.4 is 5.73 Å². The third kappa shape index (κ3) is 1.80. The average Bonchev–Trinajstić information content (AvgIpc) is 1.94. The maximum atomic E-state index is 11.0. The number of rotatable bonds is 1. The van der Waals surface area contributed by atoms with Crippen molar-refractivity contribution in [1.82, 2.24) is 0 Å². The smallest absolute Gasteiger partial charge is 0.0617 e. The third-order valence-corrected chi connectivity index (χ3v) is 2.45. The molecule has 0 fully saturated rings. The fraction of sp³-hybridized carbons (Fsp3) is 0.250. The quantitative estimate of drug-likeness (QED) is 0.644. The maximum absolute atomic E-state index is 11.0. The van der Waals surface area contributed by atoms with E-state index in [0.29, 0.717) is 5.69 Å². The average molecular weight is 169 g/mol. The number of benzene rings is 1. The third-order valence-electron chi connectivity index (χ3n) is 1.48. The molecule has 1 unspecified atom stereocenters. The van der Waals surface area contributed by atoms with Crippen LogP contribution in [0.25, 0.3) is 0 Å². The second-order valence-corrected chi connectivity index (χ2v) is 3.84. The summed E-state index contributed by atoms with van der Waals surface area (Å²) < 4.78 is 11.0. The molecule has 60 valence electrons. The van der Waals surface area contributed by atoms with Gasteiger partial charge in [-0.3, -0.25) is 4.21 Å². The summed E-state index contributed by atoms with van der Waals surface area (Å²) in [5.41, 5.74) is 7.29. The number of nitrogen functional groups attached to an aromatic ring is 1. The molecule has 1 atom stereocenters. The lowest BCUT2D eigenvalue weighted by atomic mass is 10.2. The van der Waals surface area contributed by atoms with Gasteiger partial charge in [-0.05, 0) is 24.6 Å². The van der Waals surface area contributed by atoms with E-state index in [-0.39, 0.29) is 0 Å². The SMILES string of the molecule is Cc1ccc(N)c(S(C)=O)c1. The van der Waals surface area contributed by atoms with Crippen LogP contribution in [-0.4, -0.2) is 10.5 Å². The summed E-state index contributed by atoms with van der Waals surface area (Å²) in [6.07, 6.45) is 1.63. The fourth-order valence-electron chi connectivity index (χ4n) is 0.891. The Labute approximate surface area is 68.9 Å². The molecule has 0 spiro atoms. The highest BCUT2D eigenvalue weighted by Gasteiger charge is 2.01. The highest BCUT2D eigenvalue weighted by atomic mass is 32.2. The van der Waals surface area contributed by atoms with Crippen molar-refractivity contribution in [1.29, 1.82) is 0 Å². The van der Waals surface area contributed by atoms with Gasteiger partial charge in [-0.15, -0.1) is 0 Å². The molecule has 11 heavy (non-hydrogen) atoms. The minimum atomic E-state index is -0.976. The molecule has 0 bridgehead atoms. The van der Waals surface area contributed by atoms with Crippen molar-refractivity contribution in [2.24, 2.45) is 0 Å². The summed E-state index contributed by atoms with van der Waals surface area (Å²) in [5, 5.41) is 0. The summed E-state index contributed by atoms with van der Waals surface area (Å²) in [5.74, 6) is 0. The van der Waals surface area contributed by atoms with E-state index in [4.69, 9.17) is 5.73 Å². The van der Waals surface area contributed by atoms with Gasteiger partial charge >= 0.3 is 0 Å². The van der Waals surface area contributed by atoms with Crippen LogP contribution in [0.5, 0.6) is 0 Å². The lowest BCUT2D eigenvalue weighted by Crippen LogP contribution is -1.95. The number of aryl methyl sites for hydroxylation is 1. The van der Waals surface area contributed by atoms with E-state index in [9.17, 15) is 4.21 Å². The molecular formula is C8H11NOS. The van der Waals surface area contributed by atoms with Crippen LogP contribution in [0.3, 0.4) is 0 Å². The topological polar surface area (TPSA) is 43.1 Å². The maximum Gasteiger partial charge on any atom is 0.0617 e. The Kier molecular flexibility index (Phi) is 2.29. The van der Waals surface area contributed by atoms with Crippen molar-refractivity contribution in [2.45, 2.75) is 11.8 Å². The van der Waals surface area contributed by atoms with E-state index in [1.807, 2.05) is 19.1 Å². The molecule has 2 N–H and O–H groups in total. The van der Waals surface area contributed by atoms with Crippen molar-refractivity contribution in [2.75, 3.05) is 12.0 Å². The number of hydrogen-bond acceptors (Lipinski definition) is 2. The normalized spacial score (nSPS) is 12.9. The van der Waals surface area contributed by atoms with Gasteiger partial charge in [0, 0.05) is 11.9 Å². The molecular weight excluding hydrogens is 158 g/mol. The van der Waals surface area contributed by atoms with Gasteiger partial charge in [-0.2, -0.15) is 0 Å². The summed E-state index contributed by atoms with van der Waals surface area (Å²) in [7, 11) is -0.976.